The molecule has 0 aliphatic heterocycles. The Morgan fingerprint density at radius 2 is 1.71 bits per heavy atom. The van der Waals surface area contributed by atoms with Crippen LogP contribution in [0.2, 0.25) is 0 Å². The number of fused-ring (bicyclic) bond motifs is 2. The SMILES string of the molecule is CSC(=Nc1cccc2c(=O)c3cccc(-c4ccccc4)c3[nH]c12)NC#N. The molecule has 0 saturated heterocycles. The maximum Gasteiger partial charge on any atom is 0.197 e. The number of amidine groups is 1. The molecular weight excluding hydrogens is 368 g/mol. The molecular formula is C22H16N4OS. The first-order valence-electron chi connectivity index (χ1n) is 8.64. The van der Waals surface area contributed by atoms with Gasteiger partial charge in [0.1, 0.15) is 0 Å². The van der Waals surface area contributed by atoms with Gasteiger partial charge in [0.05, 0.1) is 16.7 Å². The molecule has 1 heterocycles. The highest BCUT2D eigenvalue weighted by atomic mass is 32.2. The van der Waals surface area contributed by atoms with Gasteiger partial charge >= 0.3 is 0 Å². The van der Waals surface area contributed by atoms with Crippen LogP contribution in [0.1, 0.15) is 0 Å². The van der Waals surface area contributed by atoms with E-state index in [0.717, 1.165) is 16.6 Å². The lowest BCUT2D eigenvalue weighted by molar-refractivity contribution is 1.28. The molecule has 2 N–H and O–H groups in total. The van der Waals surface area contributed by atoms with E-state index >= 15 is 0 Å². The molecule has 0 aliphatic rings. The second kappa shape index (κ2) is 7.59. The third-order valence-corrected chi connectivity index (χ3v) is 5.09. The van der Waals surface area contributed by atoms with Gasteiger partial charge in [0.2, 0.25) is 0 Å². The molecule has 1 aromatic heterocycles. The Kier molecular flexibility index (Phi) is 4.83. The summed E-state index contributed by atoms with van der Waals surface area (Å²) in [5.74, 6) is 0. The maximum atomic E-state index is 13.2. The highest BCUT2D eigenvalue weighted by Crippen LogP contribution is 2.30. The summed E-state index contributed by atoms with van der Waals surface area (Å²) in [6.07, 6.45) is 3.72. The monoisotopic (exact) mass is 384 g/mol. The van der Waals surface area contributed by atoms with Gasteiger partial charge in [-0.05, 0) is 30.0 Å². The van der Waals surface area contributed by atoms with E-state index in [4.69, 9.17) is 5.26 Å². The number of pyridine rings is 1. The summed E-state index contributed by atoms with van der Waals surface area (Å²) in [6, 6.07) is 21.1. The second-order valence-corrected chi connectivity index (χ2v) is 6.90. The summed E-state index contributed by atoms with van der Waals surface area (Å²) in [4.78, 5) is 21.1. The van der Waals surface area contributed by atoms with Crippen LogP contribution in [0.25, 0.3) is 32.9 Å². The molecule has 6 heteroatoms. The molecule has 0 radical (unpaired) electrons. The summed E-state index contributed by atoms with van der Waals surface area (Å²) in [5, 5.41) is 13.1. The molecule has 0 fully saturated rings. The Labute approximate surface area is 165 Å². The summed E-state index contributed by atoms with van der Waals surface area (Å²) in [5.41, 5.74) is 3.96. The average molecular weight is 384 g/mol. The predicted molar refractivity (Wildman–Crippen MR) is 117 cm³/mol. The van der Waals surface area contributed by atoms with E-state index in [2.05, 4.69) is 15.3 Å². The third kappa shape index (κ3) is 3.13. The van der Waals surface area contributed by atoms with Crippen LogP contribution in [-0.2, 0) is 0 Å². The molecule has 136 valence electrons. The minimum Gasteiger partial charge on any atom is -0.352 e. The highest BCUT2D eigenvalue weighted by Gasteiger charge is 2.12. The van der Waals surface area contributed by atoms with Crippen LogP contribution in [0.5, 0.6) is 0 Å². The summed E-state index contributed by atoms with van der Waals surface area (Å²) < 4.78 is 0. The van der Waals surface area contributed by atoms with E-state index in [1.54, 1.807) is 12.1 Å². The molecule has 4 rings (SSSR count). The van der Waals surface area contributed by atoms with Crippen molar-refractivity contribution in [3.63, 3.8) is 0 Å². The van der Waals surface area contributed by atoms with Crippen molar-refractivity contribution < 1.29 is 0 Å². The van der Waals surface area contributed by atoms with Crippen LogP contribution in [0.15, 0.2) is 76.5 Å². The molecule has 3 aromatic carbocycles. The van der Waals surface area contributed by atoms with Crippen LogP contribution in [0, 0.1) is 11.5 Å². The number of hydrogen-bond acceptors (Lipinski definition) is 4. The number of thioether (sulfide) groups is 1. The molecule has 0 amide bonds. The average Bonchev–Trinajstić information content (AvgIpc) is 2.74. The Bertz CT molecular complexity index is 1300. The maximum absolute atomic E-state index is 13.2. The number of aliphatic imine (C=N–C) groups is 1. The van der Waals surface area contributed by atoms with Crippen LogP contribution in [0.3, 0.4) is 0 Å². The fourth-order valence-corrected chi connectivity index (χ4v) is 3.58. The van der Waals surface area contributed by atoms with E-state index in [9.17, 15) is 4.79 Å². The van der Waals surface area contributed by atoms with Gasteiger partial charge in [-0.25, -0.2) is 4.99 Å². The Morgan fingerprint density at radius 1 is 1.00 bits per heavy atom. The van der Waals surface area contributed by atoms with E-state index in [1.807, 2.05) is 67.0 Å². The molecule has 0 spiro atoms. The number of rotatable bonds is 2. The van der Waals surface area contributed by atoms with Gasteiger partial charge in [0, 0.05) is 16.3 Å². The third-order valence-electron chi connectivity index (χ3n) is 4.51. The van der Waals surface area contributed by atoms with Crippen LogP contribution >= 0.6 is 11.8 Å². The number of aromatic amines is 1. The number of aromatic nitrogens is 1. The molecule has 0 atom stereocenters. The number of nitrogens with one attached hydrogen (secondary N) is 2. The summed E-state index contributed by atoms with van der Waals surface area (Å²) in [7, 11) is 0. The zero-order valence-electron chi connectivity index (χ0n) is 15.1. The van der Waals surface area contributed by atoms with Gasteiger partial charge < -0.3 is 4.98 Å². The van der Waals surface area contributed by atoms with Crippen molar-refractivity contribution in [1.29, 1.82) is 5.26 Å². The van der Waals surface area contributed by atoms with Crippen LogP contribution < -0.4 is 10.7 Å². The standard InChI is InChI=1S/C22H16N4OS/c1-28-22(24-13-23)25-18-12-6-11-17-20(18)26-19-15(14-7-3-2-4-8-14)9-5-10-16(19)21(17)27/h2-12H,1H3,(H,24,25)(H,26,27). The second-order valence-electron chi connectivity index (χ2n) is 6.11. The largest absolute Gasteiger partial charge is 0.352 e. The van der Waals surface area contributed by atoms with Crippen LogP contribution in [0.4, 0.5) is 5.69 Å². The Balaban J connectivity index is 2.06. The number of para-hydroxylation sites is 2. The van der Waals surface area contributed by atoms with E-state index in [0.29, 0.717) is 27.1 Å². The lowest BCUT2D eigenvalue weighted by atomic mass is 10.0. The first-order chi connectivity index (χ1) is 13.7. The van der Waals surface area contributed by atoms with Gasteiger partial charge in [-0.3, -0.25) is 10.1 Å². The number of benzene rings is 3. The van der Waals surface area contributed by atoms with E-state index in [1.165, 1.54) is 11.8 Å². The fourth-order valence-electron chi connectivity index (χ4n) is 3.24. The van der Waals surface area contributed by atoms with E-state index < -0.39 is 0 Å². The van der Waals surface area contributed by atoms with Crippen molar-refractivity contribution in [2.24, 2.45) is 4.99 Å². The minimum absolute atomic E-state index is 0.0440. The van der Waals surface area contributed by atoms with E-state index in [-0.39, 0.29) is 5.43 Å². The van der Waals surface area contributed by atoms with Crippen molar-refractivity contribution in [3.05, 3.63) is 77.0 Å². The highest BCUT2D eigenvalue weighted by molar-refractivity contribution is 8.13. The minimum atomic E-state index is -0.0440. The number of H-pyrrole nitrogens is 1. The number of hydrogen-bond donors (Lipinski definition) is 2. The quantitative estimate of drug-likeness (QED) is 0.171. The first-order valence-corrected chi connectivity index (χ1v) is 9.86. The first kappa shape index (κ1) is 17.8. The van der Waals surface area contributed by atoms with Crippen molar-refractivity contribution in [1.82, 2.24) is 10.3 Å². The summed E-state index contributed by atoms with van der Waals surface area (Å²) in [6.45, 7) is 0. The molecule has 0 saturated carbocycles. The Morgan fingerprint density at radius 3 is 2.43 bits per heavy atom. The molecule has 0 unspecified atom stereocenters. The van der Waals surface area contributed by atoms with Crippen LogP contribution in [-0.4, -0.2) is 16.4 Å². The lowest BCUT2D eigenvalue weighted by Crippen LogP contribution is -2.12. The fraction of sp³-hybridized carbons (Fsp3) is 0.0455. The number of nitrogens with zero attached hydrogens (tertiary/aromatic N) is 2. The van der Waals surface area contributed by atoms with Crippen molar-refractivity contribution in [2.45, 2.75) is 0 Å². The molecule has 0 aliphatic carbocycles. The van der Waals surface area contributed by atoms with Gasteiger partial charge in [-0.2, -0.15) is 5.26 Å². The zero-order valence-corrected chi connectivity index (χ0v) is 15.9. The van der Waals surface area contributed by atoms with Crippen molar-refractivity contribution in [2.75, 3.05) is 6.26 Å². The van der Waals surface area contributed by atoms with Gasteiger partial charge in [0.25, 0.3) is 0 Å². The lowest BCUT2D eigenvalue weighted by Gasteiger charge is -2.10. The predicted octanol–water partition coefficient (Wildman–Crippen LogP) is 4.77. The van der Waals surface area contributed by atoms with Gasteiger partial charge in [-0.15, -0.1) is 0 Å². The molecule has 0 bridgehead atoms. The van der Waals surface area contributed by atoms with Gasteiger partial charge in [-0.1, -0.05) is 60.3 Å². The molecule has 28 heavy (non-hydrogen) atoms. The number of nitriles is 1. The van der Waals surface area contributed by atoms with Crippen molar-refractivity contribution >= 4 is 44.4 Å². The van der Waals surface area contributed by atoms with Gasteiger partial charge in [0.15, 0.2) is 16.8 Å². The Hall–Kier alpha value is -3.56. The topological polar surface area (TPSA) is 81.0 Å². The molecule has 4 aromatic rings. The smallest absolute Gasteiger partial charge is 0.197 e. The zero-order chi connectivity index (χ0) is 19.5. The molecule has 5 nitrogen and oxygen atoms in total. The normalized spacial score (nSPS) is 11.5. The summed E-state index contributed by atoms with van der Waals surface area (Å²) >= 11 is 1.33. The van der Waals surface area contributed by atoms with Crippen molar-refractivity contribution in [3.8, 4) is 17.3 Å².